The Morgan fingerprint density at radius 1 is 0.896 bits per heavy atom. The molecule has 3 atom stereocenters. The maximum atomic E-state index is 13.9. The maximum Gasteiger partial charge on any atom is 0.243 e. The van der Waals surface area contributed by atoms with E-state index in [-0.39, 0.29) is 36.2 Å². The number of amides is 3. The first-order chi connectivity index (χ1) is 23.5. The zero-order valence-electron chi connectivity index (χ0n) is 27.4. The summed E-state index contributed by atoms with van der Waals surface area (Å²) >= 11 is 0. The summed E-state index contributed by atoms with van der Waals surface area (Å²) in [5.74, 6) is 0.567. The molecule has 3 aromatic carbocycles. The Balaban J connectivity index is 1.08. The van der Waals surface area contributed by atoms with Gasteiger partial charge in [-0.25, -0.2) is 0 Å². The summed E-state index contributed by atoms with van der Waals surface area (Å²) in [5.41, 5.74) is 2.22. The van der Waals surface area contributed by atoms with Gasteiger partial charge in [0.15, 0.2) is 0 Å². The van der Waals surface area contributed by atoms with Crippen molar-refractivity contribution in [1.29, 1.82) is 0 Å². The van der Waals surface area contributed by atoms with Crippen LogP contribution in [0.1, 0.15) is 43.2 Å². The van der Waals surface area contributed by atoms with Crippen molar-refractivity contribution in [3.8, 4) is 5.75 Å². The zero-order valence-corrected chi connectivity index (χ0v) is 27.4. The van der Waals surface area contributed by atoms with Crippen LogP contribution in [0.5, 0.6) is 5.75 Å². The molecule has 2 fully saturated rings. The highest BCUT2D eigenvalue weighted by molar-refractivity contribution is 5.92. The topological polar surface area (TPSA) is 109 Å². The molecule has 48 heavy (non-hydrogen) atoms. The van der Waals surface area contributed by atoms with Gasteiger partial charge in [-0.15, -0.1) is 0 Å². The van der Waals surface area contributed by atoms with E-state index in [1.807, 2.05) is 84.9 Å². The van der Waals surface area contributed by atoms with Crippen molar-refractivity contribution in [2.24, 2.45) is 11.3 Å². The van der Waals surface area contributed by atoms with Crippen LogP contribution in [0.4, 0.5) is 5.69 Å². The summed E-state index contributed by atoms with van der Waals surface area (Å²) in [7, 11) is 0. The Hall–Kier alpha value is -4.47. The average Bonchev–Trinajstić information content (AvgIpc) is 3.11. The van der Waals surface area contributed by atoms with Crippen LogP contribution in [0, 0.1) is 11.3 Å². The Labute approximate surface area is 283 Å². The van der Waals surface area contributed by atoms with Gasteiger partial charge in [0.25, 0.3) is 0 Å². The lowest BCUT2D eigenvalue weighted by Crippen LogP contribution is -2.58. The van der Waals surface area contributed by atoms with E-state index in [0.717, 1.165) is 35.4 Å². The van der Waals surface area contributed by atoms with E-state index >= 15 is 0 Å². The van der Waals surface area contributed by atoms with Crippen LogP contribution in [0.3, 0.4) is 0 Å². The Bertz CT molecular complexity index is 1540. The van der Waals surface area contributed by atoms with Crippen LogP contribution in [0.15, 0.2) is 97.1 Å². The largest absolute Gasteiger partial charge is 0.489 e. The van der Waals surface area contributed by atoms with E-state index in [2.05, 4.69) is 33.0 Å². The molecule has 3 aliphatic rings. The van der Waals surface area contributed by atoms with Gasteiger partial charge in [-0.2, -0.15) is 0 Å². The van der Waals surface area contributed by atoms with Crippen molar-refractivity contribution in [2.75, 3.05) is 38.2 Å². The summed E-state index contributed by atoms with van der Waals surface area (Å²) in [6, 6.07) is 26.5. The van der Waals surface area contributed by atoms with Crippen LogP contribution in [0.2, 0.25) is 0 Å². The summed E-state index contributed by atoms with van der Waals surface area (Å²) in [4.78, 5) is 42.9. The van der Waals surface area contributed by atoms with Crippen molar-refractivity contribution in [2.45, 2.75) is 57.2 Å². The maximum absolute atomic E-state index is 13.9. The number of fused-ring (bicyclic) bond motifs is 1. The van der Waals surface area contributed by atoms with Crippen molar-refractivity contribution in [3.05, 3.63) is 108 Å². The number of hydrogen-bond acceptors (Lipinski definition) is 6. The number of rotatable bonds is 8. The molecule has 9 nitrogen and oxygen atoms in total. The molecule has 0 saturated carbocycles. The van der Waals surface area contributed by atoms with Crippen molar-refractivity contribution < 1.29 is 23.9 Å². The quantitative estimate of drug-likeness (QED) is 0.300. The predicted molar refractivity (Wildman–Crippen MR) is 185 cm³/mol. The molecule has 6 rings (SSSR count). The first kappa shape index (κ1) is 33.4. The monoisotopic (exact) mass is 650 g/mol. The number of likely N-dealkylation sites (tertiary alicyclic amines) is 1. The number of hydrogen-bond donors (Lipinski definition) is 3. The third-order valence-electron chi connectivity index (χ3n) is 9.85. The molecule has 0 bridgehead atoms. The minimum Gasteiger partial charge on any atom is -0.489 e. The van der Waals surface area contributed by atoms with Gasteiger partial charge >= 0.3 is 0 Å². The fraction of sp³-hybridized carbons (Fsp3) is 0.410. The molecule has 0 radical (unpaired) electrons. The molecule has 3 aromatic rings. The molecule has 3 aliphatic heterocycles. The van der Waals surface area contributed by atoms with Crippen LogP contribution in [-0.2, 0) is 32.1 Å². The molecule has 1 spiro atoms. The Morgan fingerprint density at radius 3 is 2.33 bits per heavy atom. The molecular formula is C39H46N4O5. The standard InChI is InChI=1S/C39H46N4O5/c44-36(40-32-14-16-33(17-15-32)48-28-30-11-5-2-6-12-30)27-43-22-18-34-31(26-43)13-7-8-19-39(20-23-47-24-21-39)38(46)42-35(37(45)41-34)25-29-9-3-1-4-10-29/h1-12,14-17,31,34-35H,13,18-28H2,(H,40,44)(H,41,45)(H,42,46)/b8-7+/t31-,34+,35+/m0/s1. The molecule has 0 aliphatic carbocycles. The van der Waals surface area contributed by atoms with Gasteiger partial charge in [0.2, 0.25) is 17.7 Å². The van der Waals surface area contributed by atoms with Crippen molar-refractivity contribution >= 4 is 23.4 Å². The normalized spacial score (nSPS) is 23.8. The first-order valence-electron chi connectivity index (χ1n) is 17.1. The SMILES string of the molecule is O=C(CN1CC[C@H]2NC(=O)[C@@H](Cc3ccccc3)NC(=O)C3(C/C=C/C[C@H]2C1)CCOCC3)Nc1ccc(OCc2ccccc2)cc1. The van der Waals surface area contributed by atoms with Crippen LogP contribution < -0.4 is 20.7 Å². The van der Waals surface area contributed by atoms with E-state index in [4.69, 9.17) is 9.47 Å². The minimum atomic E-state index is -0.678. The van der Waals surface area contributed by atoms with Gasteiger partial charge in [0.05, 0.1) is 12.0 Å². The predicted octanol–water partition coefficient (Wildman–Crippen LogP) is 4.89. The number of carbonyl (C=O) groups is 3. The zero-order chi connectivity index (χ0) is 33.2. The molecule has 9 heteroatoms. The fourth-order valence-corrected chi connectivity index (χ4v) is 6.98. The van der Waals surface area contributed by atoms with Crippen molar-refractivity contribution in [1.82, 2.24) is 15.5 Å². The molecule has 252 valence electrons. The summed E-state index contributed by atoms with van der Waals surface area (Å²) < 4.78 is 11.5. The van der Waals surface area contributed by atoms with Crippen molar-refractivity contribution in [3.63, 3.8) is 0 Å². The summed E-state index contributed by atoms with van der Waals surface area (Å²) in [6.07, 6.45) is 8.05. The average molecular weight is 651 g/mol. The fourth-order valence-electron chi connectivity index (χ4n) is 6.98. The highest BCUT2D eigenvalue weighted by Gasteiger charge is 2.41. The van der Waals surface area contributed by atoms with Gasteiger partial charge in [0, 0.05) is 44.5 Å². The molecule has 0 unspecified atom stereocenters. The lowest BCUT2D eigenvalue weighted by molar-refractivity contribution is -0.140. The highest BCUT2D eigenvalue weighted by atomic mass is 16.5. The highest BCUT2D eigenvalue weighted by Crippen LogP contribution is 2.36. The second-order valence-electron chi connectivity index (χ2n) is 13.3. The molecule has 2 saturated heterocycles. The van der Waals surface area contributed by atoms with E-state index < -0.39 is 11.5 Å². The number of allylic oxidation sites excluding steroid dienone is 2. The minimum absolute atomic E-state index is 0.0588. The molecular weight excluding hydrogens is 604 g/mol. The number of nitrogens with zero attached hydrogens (tertiary/aromatic N) is 1. The summed E-state index contributed by atoms with van der Waals surface area (Å²) in [5, 5.41) is 9.48. The van der Waals surface area contributed by atoms with Crippen LogP contribution in [-0.4, -0.2) is 67.6 Å². The number of carbonyl (C=O) groups excluding carboxylic acids is 3. The summed E-state index contributed by atoms with van der Waals surface area (Å²) in [6.45, 7) is 3.18. The van der Waals surface area contributed by atoms with E-state index in [9.17, 15) is 14.4 Å². The van der Waals surface area contributed by atoms with E-state index in [0.29, 0.717) is 58.6 Å². The lowest BCUT2D eigenvalue weighted by Gasteiger charge is -2.40. The molecule has 3 heterocycles. The number of ether oxygens (including phenoxy) is 2. The van der Waals surface area contributed by atoms with Gasteiger partial charge in [0.1, 0.15) is 18.4 Å². The lowest BCUT2D eigenvalue weighted by atomic mass is 9.75. The van der Waals surface area contributed by atoms with Gasteiger partial charge < -0.3 is 25.4 Å². The molecule has 3 amide bonds. The smallest absolute Gasteiger partial charge is 0.243 e. The Kier molecular flexibility index (Phi) is 11.2. The van der Waals surface area contributed by atoms with Crippen LogP contribution >= 0.6 is 0 Å². The third-order valence-corrected chi connectivity index (χ3v) is 9.85. The van der Waals surface area contributed by atoms with Gasteiger partial charge in [-0.1, -0.05) is 72.8 Å². The number of piperidine rings is 1. The van der Waals surface area contributed by atoms with E-state index in [1.54, 1.807) is 0 Å². The molecule has 0 aromatic heterocycles. The number of nitrogens with one attached hydrogen (secondary N) is 3. The number of anilines is 1. The third kappa shape index (κ3) is 8.90. The van der Waals surface area contributed by atoms with Gasteiger partial charge in [-0.05, 0) is 73.4 Å². The van der Waals surface area contributed by atoms with Gasteiger partial charge in [-0.3, -0.25) is 19.3 Å². The second-order valence-corrected chi connectivity index (χ2v) is 13.3. The first-order valence-corrected chi connectivity index (χ1v) is 17.1. The number of benzene rings is 3. The molecule has 3 N–H and O–H groups in total. The van der Waals surface area contributed by atoms with E-state index in [1.165, 1.54) is 0 Å². The van der Waals surface area contributed by atoms with Crippen LogP contribution in [0.25, 0.3) is 0 Å². The second kappa shape index (κ2) is 16.1. The Morgan fingerprint density at radius 2 is 1.60 bits per heavy atom.